The van der Waals surface area contributed by atoms with E-state index in [1.54, 1.807) is 24.5 Å². The van der Waals surface area contributed by atoms with Crippen LogP contribution in [-0.4, -0.2) is 10.9 Å². The molecule has 108 valence electrons. The lowest BCUT2D eigenvalue weighted by Crippen LogP contribution is -2.28. The topological polar surface area (TPSA) is 42.0 Å². The van der Waals surface area contributed by atoms with E-state index in [2.05, 4.69) is 10.3 Å². The second kappa shape index (κ2) is 5.64. The first kappa shape index (κ1) is 13.7. The minimum absolute atomic E-state index is 0.000233. The Hall–Kier alpha value is -2.23. The summed E-state index contributed by atoms with van der Waals surface area (Å²) in [7, 11) is 0. The fourth-order valence-corrected chi connectivity index (χ4v) is 2.62. The molecule has 0 radical (unpaired) electrons. The van der Waals surface area contributed by atoms with E-state index in [1.165, 1.54) is 12.1 Å². The van der Waals surface area contributed by atoms with Crippen molar-refractivity contribution in [3.63, 3.8) is 0 Å². The van der Waals surface area contributed by atoms with E-state index < -0.39 is 0 Å². The van der Waals surface area contributed by atoms with Gasteiger partial charge in [0.15, 0.2) is 0 Å². The zero-order chi connectivity index (χ0) is 14.8. The first-order valence-electron chi connectivity index (χ1n) is 7.11. The maximum atomic E-state index is 12.9. The molecule has 0 aliphatic heterocycles. The number of amides is 1. The van der Waals surface area contributed by atoms with Crippen molar-refractivity contribution in [2.45, 2.75) is 25.3 Å². The zero-order valence-corrected chi connectivity index (χ0v) is 11.8. The highest BCUT2D eigenvalue weighted by atomic mass is 19.1. The molecule has 3 atom stereocenters. The second-order valence-corrected chi connectivity index (χ2v) is 5.51. The summed E-state index contributed by atoms with van der Waals surface area (Å²) >= 11 is 0. The lowest BCUT2D eigenvalue weighted by atomic mass is 10.1. The van der Waals surface area contributed by atoms with Crippen LogP contribution in [0.3, 0.4) is 0 Å². The Bertz CT molecular complexity index is 627. The zero-order valence-electron chi connectivity index (χ0n) is 11.8. The van der Waals surface area contributed by atoms with Crippen LogP contribution in [0.4, 0.5) is 4.39 Å². The number of hydrogen-bond acceptors (Lipinski definition) is 2. The third-order valence-corrected chi connectivity index (χ3v) is 3.99. The Balaban J connectivity index is 1.59. The molecule has 4 heteroatoms. The van der Waals surface area contributed by atoms with Gasteiger partial charge >= 0.3 is 0 Å². The standard InChI is InChI=1S/C17H17FN2O/c1-11(12-6-8-19-9-7-12)20-17(21)16-10-15(16)13-2-4-14(18)5-3-13/h2-9,11,15-16H,10H2,1H3,(H,20,21). The third-order valence-electron chi connectivity index (χ3n) is 3.99. The number of benzene rings is 1. The molecule has 1 saturated carbocycles. The van der Waals surface area contributed by atoms with Gasteiger partial charge in [0.25, 0.3) is 0 Å². The summed E-state index contributed by atoms with van der Waals surface area (Å²) in [4.78, 5) is 16.2. The molecule has 1 N–H and O–H groups in total. The molecule has 1 aliphatic rings. The van der Waals surface area contributed by atoms with Gasteiger partial charge in [0.2, 0.25) is 5.91 Å². The molecule has 1 heterocycles. The fourth-order valence-electron chi connectivity index (χ4n) is 2.62. The van der Waals surface area contributed by atoms with Crippen molar-refractivity contribution in [3.05, 3.63) is 65.7 Å². The molecule has 0 spiro atoms. The van der Waals surface area contributed by atoms with Gasteiger partial charge in [0.1, 0.15) is 5.82 Å². The number of carbonyl (C=O) groups is 1. The molecular formula is C17H17FN2O. The molecule has 1 amide bonds. The van der Waals surface area contributed by atoms with Crippen molar-refractivity contribution in [3.8, 4) is 0 Å². The van der Waals surface area contributed by atoms with Crippen molar-refractivity contribution in [2.75, 3.05) is 0 Å². The molecule has 1 aromatic carbocycles. The predicted molar refractivity (Wildman–Crippen MR) is 78.0 cm³/mol. The minimum atomic E-state index is -0.244. The van der Waals surface area contributed by atoms with E-state index in [0.717, 1.165) is 17.5 Å². The average Bonchev–Trinajstić information content (AvgIpc) is 3.29. The Morgan fingerprint density at radius 2 is 1.90 bits per heavy atom. The Morgan fingerprint density at radius 1 is 1.24 bits per heavy atom. The van der Waals surface area contributed by atoms with Crippen LogP contribution in [0.25, 0.3) is 0 Å². The van der Waals surface area contributed by atoms with Crippen LogP contribution in [0.2, 0.25) is 0 Å². The summed E-state index contributed by atoms with van der Waals surface area (Å²) in [5.74, 6) is 0.0373. The smallest absolute Gasteiger partial charge is 0.224 e. The first-order valence-corrected chi connectivity index (χ1v) is 7.11. The monoisotopic (exact) mass is 284 g/mol. The number of pyridine rings is 1. The van der Waals surface area contributed by atoms with Gasteiger partial charge in [0, 0.05) is 18.3 Å². The number of carbonyl (C=O) groups excluding carboxylic acids is 1. The summed E-state index contributed by atoms with van der Waals surface area (Å²) in [6.45, 7) is 1.96. The SMILES string of the molecule is CC(NC(=O)C1CC1c1ccc(F)cc1)c1ccncc1. The second-order valence-electron chi connectivity index (χ2n) is 5.51. The lowest BCUT2D eigenvalue weighted by Gasteiger charge is -2.14. The molecule has 2 aromatic rings. The molecule has 1 fully saturated rings. The van der Waals surface area contributed by atoms with Gasteiger partial charge in [-0.05, 0) is 54.7 Å². The molecule has 1 aromatic heterocycles. The Morgan fingerprint density at radius 3 is 2.57 bits per heavy atom. The van der Waals surface area contributed by atoms with Crippen molar-refractivity contribution in [1.82, 2.24) is 10.3 Å². The summed E-state index contributed by atoms with van der Waals surface area (Å²) in [6, 6.07) is 10.2. The van der Waals surface area contributed by atoms with Gasteiger partial charge < -0.3 is 5.32 Å². The number of aromatic nitrogens is 1. The molecule has 3 unspecified atom stereocenters. The predicted octanol–water partition coefficient (Wildman–Crippen LogP) is 3.20. The van der Waals surface area contributed by atoms with Crippen molar-refractivity contribution >= 4 is 5.91 Å². The van der Waals surface area contributed by atoms with Gasteiger partial charge in [-0.15, -0.1) is 0 Å². The Kier molecular flexibility index (Phi) is 3.69. The van der Waals surface area contributed by atoms with Gasteiger partial charge in [0.05, 0.1) is 6.04 Å². The highest BCUT2D eigenvalue weighted by Gasteiger charge is 2.44. The summed E-state index contributed by atoms with van der Waals surface area (Å²) in [5.41, 5.74) is 2.07. The van der Waals surface area contributed by atoms with Gasteiger partial charge in [-0.1, -0.05) is 12.1 Å². The number of hydrogen-bond donors (Lipinski definition) is 1. The molecular weight excluding hydrogens is 267 g/mol. The molecule has 3 rings (SSSR count). The van der Waals surface area contributed by atoms with Gasteiger partial charge in [-0.25, -0.2) is 4.39 Å². The van der Waals surface area contributed by atoms with Crippen LogP contribution < -0.4 is 5.32 Å². The summed E-state index contributed by atoms with van der Waals surface area (Å²) in [6.07, 6.45) is 4.27. The van der Waals surface area contributed by atoms with Crippen LogP contribution in [0.15, 0.2) is 48.8 Å². The largest absolute Gasteiger partial charge is 0.349 e. The molecule has 0 bridgehead atoms. The molecule has 0 saturated heterocycles. The summed E-state index contributed by atoms with van der Waals surface area (Å²) < 4.78 is 12.9. The van der Waals surface area contributed by atoms with Gasteiger partial charge in [-0.2, -0.15) is 0 Å². The highest BCUT2D eigenvalue weighted by Crippen LogP contribution is 2.47. The average molecular weight is 284 g/mol. The Labute approximate surface area is 123 Å². The first-order chi connectivity index (χ1) is 10.1. The van der Waals surface area contributed by atoms with E-state index in [4.69, 9.17) is 0 Å². The highest BCUT2D eigenvalue weighted by molar-refractivity contribution is 5.83. The van der Waals surface area contributed by atoms with Crippen LogP contribution in [-0.2, 0) is 4.79 Å². The van der Waals surface area contributed by atoms with E-state index in [1.807, 2.05) is 19.1 Å². The molecule has 3 nitrogen and oxygen atoms in total. The number of halogens is 1. The summed E-state index contributed by atoms with van der Waals surface area (Å²) in [5, 5.41) is 3.03. The van der Waals surface area contributed by atoms with E-state index in [-0.39, 0.29) is 29.6 Å². The van der Waals surface area contributed by atoms with E-state index in [0.29, 0.717) is 0 Å². The quantitative estimate of drug-likeness (QED) is 0.936. The van der Waals surface area contributed by atoms with E-state index in [9.17, 15) is 9.18 Å². The number of rotatable bonds is 4. The third kappa shape index (κ3) is 3.10. The van der Waals surface area contributed by atoms with Crippen molar-refractivity contribution in [1.29, 1.82) is 0 Å². The lowest BCUT2D eigenvalue weighted by molar-refractivity contribution is -0.123. The molecule has 1 aliphatic carbocycles. The maximum Gasteiger partial charge on any atom is 0.224 e. The van der Waals surface area contributed by atoms with Crippen LogP contribution >= 0.6 is 0 Å². The van der Waals surface area contributed by atoms with Crippen molar-refractivity contribution < 1.29 is 9.18 Å². The van der Waals surface area contributed by atoms with Crippen LogP contribution in [0.1, 0.15) is 36.4 Å². The van der Waals surface area contributed by atoms with Gasteiger partial charge in [-0.3, -0.25) is 9.78 Å². The maximum absolute atomic E-state index is 12.9. The van der Waals surface area contributed by atoms with Crippen LogP contribution in [0.5, 0.6) is 0 Å². The number of nitrogens with one attached hydrogen (secondary N) is 1. The normalized spacial score (nSPS) is 21.6. The minimum Gasteiger partial charge on any atom is -0.349 e. The van der Waals surface area contributed by atoms with Crippen LogP contribution in [0, 0.1) is 11.7 Å². The number of nitrogens with zero attached hydrogens (tertiary/aromatic N) is 1. The van der Waals surface area contributed by atoms with E-state index >= 15 is 0 Å². The fraction of sp³-hybridized carbons (Fsp3) is 0.294. The van der Waals surface area contributed by atoms with Crippen molar-refractivity contribution in [2.24, 2.45) is 5.92 Å². The molecule has 21 heavy (non-hydrogen) atoms.